The van der Waals surface area contributed by atoms with Gasteiger partial charge in [-0.3, -0.25) is 9.48 Å². The molecule has 1 atom stereocenters. The molecule has 0 radical (unpaired) electrons. The van der Waals surface area contributed by atoms with E-state index in [1.165, 1.54) is 0 Å². The summed E-state index contributed by atoms with van der Waals surface area (Å²) in [5, 5.41) is 3.97. The minimum atomic E-state index is -0.361. The third kappa shape index (κ3) is 2.47. The van der Waals surface area contributed by atoms with Crippen LogP contribution in [0.4, 0.5) is 0 Å². The number of aromatic nitrogens is 2. The summed E-state index contributed by atoms with van der Waals surface area (Å²) in [4.78, 5) is 11.1. The summed E-state index contributed by atoms with van der Waals surface area (Å²) in [5.74, 6) is 0.0745. The Bertz CT molecular complexity index is 241. The number of hydrogen-bond acceptors (Lipinski definition) is 3. The van der Waals surface area contributed by atoms with E-state index in [1.54, 1.807) is 17.8 Å². The van der Waals surface area contributed by atoms with Crippen molar-refractivity contribution in [2.75, 3.05) is 0 Å². The van der Waals surface area contributed by atoms with Crippen LogP contribution < -0.4 is 5.73 Å². The number of ketones is 1. The minimum absolute atomic E-state index is 0.0745. The second kappa shape index (κ2) is 4.01. The molecule has 1 heterocycles. The molecule has 1 aromatic rings. The van der Waals surface area contributed by atoms with Gasteiger partial charge in [0.25, 0.3) is 0 Å². The van der Waals surface area contributed by atoms with Gasteiger partial charge in [0.1, 0.15) is 0 Å². The number of nitrogens with zero attached hydrogens (tertiary/aromatic N) is 2. The van der Waals surface area contributed by atoms with Gasteiger partial charge in [-0.2, -0.15) is 5.10 Å². The highest BCUT2D eigenvalue weighted by Gasteiger charge is 2.06. The van der Waals surface area contributed by atoms with Crippen LogP contribution in [0.2, 0.25) is 0 Å². The maximum atomic E-state index is 11.1. The molecule has 2 N–H and O–H groups in total. The van der Waals surface area contributed by atoms with Gasteiger partial charge < -0.3 is 5.73 Å². The number of Topliss-reactive ketones (excluding diaryl/α,β-unsaturated/α-hetero) is 1. The molecule has 4 heteroatoms. The fourth-order valence-electron chi connectivity index (χ4n) is 0.885. The third-order valence-electron chi connectivity index (χ3n) is 1.65. The van der Waals surface area contributed by atoms with Gasteiger partial charge in [-0.05, 0) is 13.0 Å². The highest BCUT2D eigenvalue weighted by atomic mass is 16.1. The first-order valence-corrected chi connectivity index (χ1v) is 3.96. The summed E-state index contributed by atoms with van der Waals surface area (Å²) in [6, 6.07) is 1.47. The average Bonchev–Trinajstić information content (AvgIpc) is 2.51. The average molecular weight is 167 g/mol. The van der Waals surface area contributed by atoms with E-state index < -0.39 is 0 Å². The Morgan fingerprint density at radius 3 is 3.00 bits per heavy atom. The van der Waals surface area contributed by atoms with Crippen LogP contribution in [0.25, 0.3) is 0 Å². The fraction of sp³-hybridized carbons (Fsp3) is 0.500. The molecule has 0 aliphatic rings. The minimum Gasteiger partial charge on any atom is -0.322 e. The topological polar surface area (TPSA) is 60.9 Å². The van der Waals surface area contributed by atoms with E-state index in [4.69, 9.17) is 5.73 Å². The molecular formula is C8H13N3O. The van der Waals surface area contributed by atoms with E-state index in [2.05, 4.69) is 5.10 Å². The van der Waals surface area contributed by atoms with E-state index in [0.29, 0.717) is 13.0 Å². The molecular weight excluding hydrogens is 154 g/mol. The predicted octanol–water partition coefficient (Wildman–Crippen LogP) is 0.189. The molecule has 1 aromatic heterocycles. The standard InChI is InChI=1S/C8H13N3O/c1-7(9)8(12)3-6-11-5-2-4-10-11/h2,4-5,7H,3,6,9H2,1H3. The van der Waals surface area contributed by atoms with Crippen LogP contribution in [0, 0.1) is 0 Å². The number of nitrogens with two attached hydrogens (primary N) is 1. The van der Waals surface area contributed by atoms with Gasteiger partial charge in [0.05, 0.1) is 6.04 Å². The van der Waals surface area contributed by atoms with Gasteiger partial charge in [-0.25, -0.2) is 0 Å². The Morgan fingerprint density at radius 1 is 1.75 bits per heavy atom. The largest absolute Gasteiger partial charge is 0.322 e. The third-order valence-corrected chi connectivity index (χ3v) is 1.65. The predicted molar refractivity (Wildman–Crippen MR) is 45.5 cm³/mol. The maximum absolute atomic E-state index is 11.1. The summed E-state index contributed by atoms with van der Waals surface area (Å²) in [7, 11) is 0. The molecule has 0 aromatic carbocycles. The Kier molecular flexibility index (Phi) is 2.99. The fourth-order valence-corrected chi connectivity index (χ4v) is 0.885. The zero-order valence-electron chi connectivity index (χ0n) is 7.10. The van der Waals surface area contributed by atoms with Gasteiger partial charge in [0, 0.05) is 25.4 Å². The molecule has 1 unspecified atom stereocenters. The maximum Gasteiger partial charge on any atom is 0.151 e. The molecule has 0 aliphatic carbocycles. The number of aryl methyl sites for hydroxylation is 1. The van der Waals surface area contributed by atoms with Crippen LogP contribution in [0.5, 0.6) is 0 Å². The first-order valence-electron chi connectivity index (χ1n) is 3.96. The van der Waals surface area contributed by atoms with E-state index in [0.717, 1.165) is 0 Å². The lowest BCUT2D eigenvalue weighted by Gasteiger charge is -2.03. The highest BCUT2D eigenvalue weighted by molar-refractivity contribution is 5.83. The summed E-state index contributed by atoms with van der Waals surface area (Å²) in [6.45, 7) is 2.32. The SMILES string of the molecule is CC(N)C(=O)CCn1cccn1. The molecule has 1 rings (SSSR count). The highest BCUT2D eigenvalue weighted by Crippen LogP contribution is 1.92. The monoisotopic (exact) mass is 167 g/mol. The van der Waals surface area contributed by atoms with Crippen LogP contribution in [-0.4, -0.2) is 21.6 Å². The van der Waals surface area contributed by atoms with E-state index in [-0.39, 0.29) is 11.8 Å². The molecule has 0 fully saturated rings. The Morgan fingerprint density at radius 2 is 2.50 bits per heavy atom. The second-order valence-corrected chi connectivity index (χ2v) is 2.77. The van der Waals surface area contributed by atoms with Crippen LogP contribution >= 0.6 is 0 Å². The molecule has 0 aliphatic heterocycles. The van der Waals surface area contributed by atoms with Gasteiger partial charge in [-0.1, -0.05) is 0 Å². The van der Waals surface area contributed by atoms with Crippen LogP contribution in [-0.2, 0) is 11.3 Å². The van der Waals surface area contributed by atoms with Crippen LogP contribution in [0.3, 0.4) is 0 Å². The molecule has 0 bridgehead atoms. The molecule has 0 amide bonds. The van der Waals surface area contributed by atoms with Crippen molar-refractivity contribution in [1.82, 2.24) is 9.78 Å². The van der Waals surface area contributed by atoms with Gasteiger partial charge in [-0.15, -0.1) is 0 Å². The number of carbonyl (C=O) groups is 1. The van der Waals surface area contributed by atoms with Crippen molar-refractivity contribution in [3.8, 4) is 0 Å². The van der Waals surface area contributed by atoms with Gasteiger partial charge >= 0.3 is 0 Å². The van der Waals surface area contributed by atoms with Crippen LogP contribution in [0.15, 0.2) is 18.5 Å². The lowest BCUT2D eigenvalue weighted by atomic mass is 10.2. The van der Waals surface area contributed by atoms with Crippen molar-refractivity contribution in [1.29, 1.82) is 0 Å². The van der Waals surface area contributed by atoms with Gasteiger partial charge in [0.15, 0.2) is 5.78 Å². The Balaban J connectivity index is 2.32. The molecule has 0 spiro atoms. The quantitative estimate of drug-likeness (QED) is 0.696. The van der Waals surface area contributed by atoms with Crippen LogP contribution in [0.1, 0.15) is 13.3 Å². The summed E-state index contributed by atoms with van der Waals surface area (Å²) in [5.41, 5.74) is 5.40. The Hall–Kier alpha value is -1.16. The first-order chi connectivity index (χ1) is 5.70. The summed E-state index contributed by atoms with van der Waals surface area (Å²) in [6.07, 6.45) is 3.98. The van der Waals surface area contributed by atoms with Crippen molar-refractivity contribution in [3.05, 3.63) is 18.5 Å². The molecule has 66 valence electrons. The van der Waals surface area contributed by atoms with E-state index in [9.17, 15) is 4.79 Å². The van der Waals surface area contributed by atoms with Gasteiger partial charge in [0.2, 0.25) is 0 Å². The zero-order chi connectivity index (χ0) is 8.97. The zero-order valence-corrected chi connectivity index (χ0v) is 7.10. The van der Waals surface area contributed by atoms with Crippen molar-refractivity contribution < 1.29 is 4.79 Å². The van der Waals surface area contributed by atoms with Crippen molar-refractivity contribution in [2.24, 2.45) is 5.73 Å². The summed E-state index contributed by atoms with van der Waals surface area (Å²) >= 11 is 0. The van der Waals surface area contributed by atoms with Crippen molar-refractivity contribution >= 4 is 5.78 Å². The molecule has 0 saturated carbocycles. The normalized spacial score (nSPS) is 12.8. The molecule has 12 heavy (non-hydrogen) atoms. The second-order valence-electron chi connectivity index (χ2n) is 2.77. The lowest BCUT2D eigenvalue weighted by Crippen LogP contribution is -2.27. The molecule has 0 saturated heterocycles. The number of hydrogen-bond donors (Lipinski definition) is 1. The number of carbonyl (C=O) groups excluding carboxylic acids is 1. The van der Waals surface area contributed by atoms with Crippen molar-refractivity contribution in [3.63, 3.8) is 0 Å². The number of rotatable bonds is 4. The van der Waals surface area contributed by atoms with Crippen molar-refractivity contribution in [2.45, 2.75) is 25.9 Å². The summed E-state index contributed by atoms with van der Waals surface area (Å²) < 4.78 is 1.72. The van der Waals surface area contributed by atoms with E-state index in [1.807, 2.05) is 12.3 Å². The lowest BCUT2D eigenvalue weighted by molar-refractivity contribution is -0.120. The molecule has 4 nitrogen and oxygen atoms in total. The van der Waals surface area contributed by atoms with E-state index >= 15 is 0 Å². The first kappa shape index (κ1) is 8.93. The Labute approximate surface area is 71.4 Å². The smallest absolute Gasteiger partial charge is 0.151 e.